The molecular formula is C13H16ClNO2. The second-order valence-electron chi connectivity index (χ2n) is 4.37. The number of carbonyl (C=O) groups is 1. The first kappa shape index (κ1) is 12.4. The summed E-state index contributed by atoms with van der Waals surface area (Å²) in [4.78, 5) is 15.8. The molecule has 0 bridgehead atoms. The normalized spacial score (nSPS) is 17.5. The molecule has 92 valence electrons. The van der Waals surface area contributed by atoms with E-state index >= 15 is 0 Å². The van der Waals surface area contributed by atoms with Gasteiger partial charge >= 0.3 is 5.97 Å². The molecule has 0 unspecified atom stereocenters. The van der Waals surface area contributed by atoms with Crippen molar-refractivity contribution in [2.45, 2.75) is 44.6 Å². The van der Waals surface area contributed by atoms with Crippen molar-refractivity contribution in [2.24, 2.45) is 0 Å². The quantitative estimate of drug-likeness (QED) is 0.597. The van der Waals surface area contributed by atoms with E-state index in [1.54, 1.807) is 12.3 Å². The first-order valence-electron chi connectivity index (χ1n) is 6.08. The molecule has 1 fully saturated rings. The van der Waals surface area contributed by atoms with Crippen LogP contribution in [-0.4, -0.2) is 17.1 Å². The van der Waals surface area contributed by atoms with Crippen molar-refractivity contribution in [3.8, 4) is 0 Å². The zero-order valence-corrected chi connectivity index (χ0v) is 10.4. The van der Waals surface area contributed by atoms with Crippen LogP contribution in [-0.2, 0) is 4.74 Å². The fraction of sp³-hybridized carbons (Fsp3) is 0.538. The van der Waals surface area contributed by atoms with Gasteiger partial charge in [0, 0.05) is 12.4 Å². The topological polar surface area (TPSA) is 39.2 Å². The Morgan fingerprint density at radius 1 is 1.29 bits per heavy atom. The van der Waals surface area contributed by atoms with Gasteiger partial charge in [0.05, 0.1) is 10.6 Å². The molecule has 0 aliphatic heterocycles. The number of hydrogen-bond donors (Lipinski definition) is 0. The lowest BCUT2D eigenvalue weighted by Gasteiger charge is -2.15. The van der Waals surface area contributed by atoms with E-state index in [1.165, 1.54) is 19.0 Å². The van der Waals surface area contributed by atoms with Gasteiger partial charge in [0.25, 0.3) is 0 Å². The summed E-state index contributed by atoms with van der Waals surface area (Å²) in [5.74, 6) is -0.352. The van der Waals surface area contributed by atoms with Gasteiger partial charge in [0.1, 0.15) is 6.10 Å². The second-order valence-corrected chi connectivity index (χ2v) is 4.78. The van der Waals surface area contributed by atoms with Gasteiger partial charge in [-0.1, -0.05) is 24.4 Å². The number of rotatable bonds is 2. The van der Waals surface area contributed by atoms with Crippen LogP contribution in [0.4, 0.5) is 0 Å². The minimum absolute atomic E-state index is 0.0428. The summed E-state index contributed by atoms with van der Waals surface area (Å²) in [5.41, 5.74) is 0.360. The molecule has 1 aromatic heterocycles. The van der Waals surface area contributed by atoms with E-state index in [9.17, 15) is 4.79 Å². The van der Waals surface area contributed by atoms with Gasteiger partial charge in [-0.2, -0.15) is 0 Å². The van der Waals surface area contributed by atoms with Gasteiger partial charge in [0.2, 0.25) is 0 Å². The van der Waals surface area contributed by atoms with Crippen molar-refractivity contribution in [2.75, 3.05) is 0 Å². The van der Waals surface area contributed by atoms with Crippen molar-refractivity contribution in [3.63, 3.8) is 0 Å². The Morgan fingerprint density at radius 3 is 2.65 bits per heavy atom. The zero-order chi connectivity index (χ0) is 12.1. The number of hydrogen-bond acceptors (Lipinski definition) is 3. The molecule has 1 saturated carbocycles. The maximum atomic E-state index is 11.9. The Bertz CT molecular complexity index is 387. The Kier molecular flexibility index (Phi) is 4.37. The molecule has 1 aromatic rings. The van der Waals surface area contributed by atoms with Crippen molar-refractivity contribution >= 4 is 17.6 Å². The first-order valence-corrected chi connectivity index (χ1v) is 6.45. The highest BCUT2D eigenvalue weighted by atomic mass is 35.5. The summed E-state index contributed by atoms with van der Waals surface area (Å²) >= 11 is 5.93. The van der Waals surface area contributed by atoms with Crippen molar-refractivity contribution in [1.29, 1.82) is 0 Å². The standard InChI is InChI=1S/C13H16ClNO2/c14-12-7-8-15-9-11(12)13(16)17-10-5-3-1-2-4-6-10/h7-10H,1-6H2. The lowest BCUT2D eigenvalue weighted by atomic mass is 10.1. The van der Waals surface area contributed by atoms with Gasteiger partial charge in [0.15, 0.2) is 0 Å². The maximum absolute atomic E-state index is 11.9. The molecule has 0 atom stereocenters. The number of nitrogens with zero attached hydrogens (tertiary/aromatic N) is 1. The lowest BCUT2D eigenvalue weighted by Crippen LogP contribution is -2.18. The van der Waals surface area contributed by atoms with E-state index in [-0.39, 0.29) is 12.1 Å². The number of halogens is 1. The third-order valence-corrected chi connectivity index (χ3v) is 3.39. The van der Waals surface area contributed by atoms with E-state index in [0.717, 1.165) is 25.7 Å². The molecule has 1 aliphatic carbocycles. The van der Waals surface area contributed by atoms with Crippen LogP contribution < -0.4 is 0 Å². The Morgan fingerprint density at radius 2 is 2.00 bits per heavy atom. The molecule has 0 radical (unpaired) electrons. The average molecular weight is 254 g/mol. The van der Waals surface area contributed by atoms with Crippen LogP contribution in [0.2, 0.25) is 5.02 Å². The summed E-state index contributed by atoms with van der Waals surface area (Å²) in [6.07, 6.45) is 9.74. The van der Waals surface area contributed by atoms with Crippen molar-refractivity contribution in [1.82, 2.24) is 4.98 Å². The molecule has 0 saturated heterocycles. The van der Waals surface area contributed by atoms with Crippen LogP contribution in [0.25, 0.3) is 0 Å². The second kappa shape index (κ2) is 6.01. The molecule has 2 rings (SSSR count). The van der Waals surface area contributed by atoms with Crippen molar-refractivity contribution in [3.05, 3.63) is 29.0 Å². The smallest absolute Gasteiger partial charge is 0.341 e. The minimum Gasteiger partial charge on any atom is -0.459 e. The number of ether oxygens (including phenoxy) is 1. The zero-order valence-electron chi connectivity index (χ0n) is 9.69. The van der Waals surface area contributed by atoms with Crippen LogP contribution in [0, 0.1) is 0 Å². The lowest BCUT2D eigenvalue weighted by molar-refractivity contribution is 0.0267. The molecule has 1 heterocycles. The van der Waals surface area contributed by atoms with Crippen LogP contribution >= 0.6 is 11.6 Å². The highest BCUT2D eigenvalue weighted by Gasteiger charge is 2.19. The molecular weight excluding hydrogens is 238 g/mol. The summed E-state index contributed by atoms with van der Waals surface area (Å²) in [6, 6.07) is 1.60. The largest absolute Gasteiger partial charge is 0.459 e. The van der Waals surface area contributed by atoms with Gasteiger partial charge in [-0.05, 0) is 31.7 Å². The molecule has 1 aliphatic rings. The molecule has 0 N–H and O–H groups in total. The minimum atomic E-state index is -0.352. The highest BCUT2D eigenvalue weighted by Crippen LogP contribution is 2.22. The molecule has 17 heavy (non-hydrogen) atoms. The summed E-state index contributed by atoms with van der Waals surface area (Å²) < 4.78 is 5.47. The Labute approximate surface area is 106 Å². The first-order chi connectivity index (χ1) is 8.27. The van der Waals surface area contributed by atoms with Gasteiger partial charge in [-0.3, -0.25) is 4.98 Å². The third kappa shape index (κ3) is 3.43. The van der Waals surface area contributed by atoms with Gasteiger partial charge in [-0.25, -0.2) is 4.79 Å². The number of carbonyl (C=O) groups excluding carboxylic acids is 1. The van der Waals surface area contributed by atoms with Crippen LogP contribution in [0.15, 0.2) is 18.5 Å². The van der Waals surface area contributed by atoms with E-state index in [0.29, 0.717) is 10.6 Å². The van der Waals surface area contributed by atoms with E-state index in [1.807, 2.05) is 0 Å². The fourth-order valence-electron chi connectivity index (χ4n) is 2.10. The Hall–Kier alpha value is -1.09. The molecule has 0 aromatic carbocycles. The number of pyridine rings is 1. The van der Waals surface area contributed by atoms with E-state index < -0.39 is 0 Å². The van der Waals surface area contributed by atoms with Crippen LogP contribution in [0.5, 0.6) is 0 Å². The molecule has 3 nitrogen and oxygen atoms in total. The third-order valence-electron chi connectivity index (χ3n) is 3.06. The van der Waals surface area contributed by atoms with Gasteiger partial charge < -0.3 is 4.74 Å². The molecule has 4 heteroatoms. The average Bonchev–Trinajstić information content (AvgIpc) is 2.58. The molecule has 0 spiro atoms. The highest BCUT2D eigenvalue weighted by molar-refractivity contribution is 6.33. The van der Waals surface area contributed by atoms with Crippen molar-refractivity contribution < 1.29 is 9.53 Å². The maximum Gasteiger partial charge on any atom is 0.341 e. The van der Waals surface area contributed by atoms with Crippen LogP contribution in [0.1, 0.15) is 48.9 Å². The number of esters is 1. The van der Waals surface area contributed by atoms with E-state index in [4.69, 9.17) is 16.3 Å². The Balaban J connectivity index is 1.98. The predicted molar refractivity (Wildman–Crippen MR) is 66.2 cm³/mol. The predicted octanol–water partition coefficient (Wildman–Crippen LogP) is 3.61. The SMILES string of the molecule is O=C(OC1CCCCCC1)c1cnccc1Cl. The monoisotopic (exact) mass is 253 g/mol. The summed E-state index contributed by atoms with van der Waals surface area (Å²) in [6.45, 7) is 0. The summed E-state index contributed by atoms with van der Waals surface area (Å²) in [5, 5.41) is 0.402. The van der Waals surface area contributed by atoms with E-state index in [2.05, 4.69) is 4.98 Å². The summed E-state index contributed by atoms with van der Waals surface area (Å²) in [7, 11) is 0. The number of aromatic nitrogens is 1. The molecule has 0 amide bonds. The van der Waals surface area contributed by atoms with Gasteiger partial charge in [-0.15, -0.1) is 0 Å². The fourth-order valence-corrected chi connectivity index (χ4v) is 2.28. The van der Waals surface area contributed by atoms with Crippen LogP contribution in [0.3, 0.4) is 0 Å².